The van der Waals surface area contributed by atoms with Crippen LogP contribution in [0.5, 0.6) is 5.75 Å². The molecule has 36 heavy (non-hydrogen) atoms. The van der Waals surface area contributed by atoms with Crippen LogP contribution in [0.4, 0.5) is 4.39 Å². The molecule has 6 nitrogen and oxygen atoms in total. The first-order chi connectivity index (χ1) is 17.6. The predicted molar refractivity (Wildman–Crippen MR) is 137 cm³/mol. The summed E-state index contributed by atoms with van der Waals surface area (Å²) in [6.07, 6.45) is 0.997. The van der Waals surface area contributed by atoms with Crippen molar-refractivity contribution in [2.75, 3.05) is 26.4 Å². The highest BCUT2D eigenvalue weighted by molar-refractivity contribution is 5.88. The highest BCUT2D eigenvalue weighted by Crippen LogP contribution is 2.16. The standard InChI is InChI=1S/C29H33FN2O4/c1-2-35-19-9-18-31-29(34)27(20-23-10-5-3-6-11-23)32(21-24-14-16-25(30)17-15-24)28(33)22-36-26-12-7-4-8-13-26/h3-8,10-17,27H,2,9,18-22H2,1H3,(H,31,34). The Morgan fingerprint density at radius 1 is 0.917 bits per heavy atom. The molecule has 0 aliphatic rings. The molecule has 0 radical (unpaired) electrons. The quantitative estimate of drug-likeness (QED) is 0.339. The van der Waals surface area contributed by atoms with Gasteiger partial charge in [0, 0.05) is 32.7 Å². The van der Waals surface area contributed by atoms with Crippen LogP contribution >= 0.6 is 0 Å². The molecule has 0 fully saturated rings. The van der Waals surface area contributed by atoms with Gasteiger partial charge in [0.15, 0.2) is 6.61 Å². The number of hydrogen-bond donors (Lipinski definition) is 1. The number of halogens is 1. The van der Waals surface area contributed by atoms with Crippen molar-refractivity contribution in [2.45, 2.75) is 32.4 Å². The van der Waals surface area contributed by atoms with Crippen LogP contribution < -0.4 is 10.1 Å². The van der Waals surface area contributed by atoms with E-state index >= 15 is 0 Å². The van der Waals surface area contributed by atoms with Crippen molar-refractivity contribution in [1.29, 1.82) is 0 Å². The number of ether oxygens (including phenoxy) is 2. The molecule has 1 unspecified atom stereocenters. The summed E-state index contributed by atoms with van der Waals surface area (Å²) in [5.74, 6) is -0.399. The first kappa shape index (κ1) is 26.9. The minimum atomic E-state index is -0.781. The molecule has 0 aliphatic heterocycles. The Kier molecular flexibility index (Phi) is 10.9. The minimum Gasteiger partial charge on any atom is -0.484 e. The molecule has 3 aromatic carbocycles. The lowest BCUT2D eigenvalue weighted by atomic mass is 10.0. The van der Waals surface area contributed by atoms with E-state index in [1.54, 1.807) is 24.3 Å². The van der Waals surface area contributed by atoms with Crippen molar-refractivity contribution in [3.63, 3.8) is 0 Å². The molecule has 2 amide bonds. The van der Waals surface area contributed by atoms with Crippen LogP contribution in [0.3, 0.4) is 0 Å². The van der Waals surface area contributed by atoms with Gasteiger partial charge >= 0.3 is 0 Å². The van der Waals surface area contributed by atoms with Crippen LogP contribution in [0, 0.1) is 5.82 Å². The van der Waals surface area contributed by atoms with Crippen molar-refractivity contribution in [3.8, 4) is 5.75 Å². The summed E-state index contributed by atoms with van der Waals surface area (Å²) < 4.78 is 24.6. The summed E-state index contributed by atoms with van der Waals surface area (Å²) in [7, 11) is 0. The molecule has 0 spiro atoms. The van der Waals surface area contributed by atoms with E-state index in [-0.39, 0.29) is 30.8 Å². The van der Waals surface area contributed by atoms with Gasteiger partial charge in [0.25, 0.3) is 5.91 Å². The highest BCUT2D eigenvalue weighted by atomic mass is 19.1. The largest absolute Gasteiger partial charge is 0.484 e. The van der Waals surface area contributed by atoms with Crippen molar-refractivity contribution in [3.05, 3.63) is 102 Å². The first-order valence-electron chi connectivity index (χ1n) is 12.2. The Morgan fingerprint density at radius 3 is 2.25 bits per heavy atom. The zero-order valence-corrected chi connectivity index (χ0v) is 20.6. The van der Waals surface area contributed by atoms with Gasteiger partial charge in [-0.05, 0) is 48.7 Å². The van der Waals surface area contributed by atoms with Gasteiger partial charge in [0.2, 0.25) is 5.91 Å². The van der Waals surface area contributed by atoms with E-state index in [0.717, 1.165) is 5.56 Å². The fourth-order valence-electron chi connectivity index (χ4n) is 3.73. The molecule has 0 saturated carbocycles. The molecule has 3 aromatic rings. The van der Waals surface area contributed by atoms with Gasteiger partial charge in [-0.2, -0.15) is 0 Å². The smallest absolute Gasteiger partial charge is 0.261 e. The summed E-state index contributed by atoms with van der Waals surface area (Å²) in [5, 5.41) is 2.95. The number of amides is 2. The summed E-state index contributed by atoms with van der Waals surface area (Å²) in [5.41, 5.74) is 1.64. The second kappa shape index (κ2) is 14.6. The molecule has 0 saturated heterocycles. The van der Waals surface area contributed by atoms with Crippen molar-refractivity contribution < 1.29 is 23.5 Å². The van der Waals surface area contributed by atoms with Crippen LogP contribution in [0.1, 0.15) is 24.5 Å². The van der Waals surface area contributed by atoms with Gasteiger partial charge in [0.05, 0.1) is 0 Å². The Bertz CT molecular complexity index is 1060. The van der Waals surface area contributed by atoms with E-state index in [2.05, 4.69) is 5.32 Å². The van der Waals surface area contributed by atoms with Crippen molar-refractivity contribution in [1.82, 2.24) is 10.2 Å². The van der Waals surface area contributed by atoms with Crippen LogP contribution in [0.25, 0.3) is 0 Å². The molecule has 1 N–H and O–H groups in total. The van der Waals surface area contributed by atoms with E-state index in [0.29, 0.717) is 43.9 Å². The van der Waals surface area contributed by atoms with Gasteiger partial charge in [-0.15, -0.1) is 0 Å². The minimum absolute atomic E-state index is 0.140. The van der Waals surface area contributed by atoms with E-state index in [4.69, 9.17) is 9.47 Å². The molecule has 190 valence electrons. The monoisotopic (exact) mass is 492 g/mol. The maximum atomic E-state index is 13.5. The lowest BCUT2D eigenvalue weighted by Crippen LogP contribution is -2.52. The second-order valence-electron chi connectivity index (χ2n) is 8.30. The number of nitrogens with zero attached hydrogens (tertiary/aromatic N) is 1. The Balaban J connectivity index is 1.83. The predicted octanol–water partition coefficient (Wildman–Crippen LogP) is 4.39. The molecule has 0 aliphatic carbocycles. The number of hydrogen-bond acceptors (Lipinski definition) is 4. The Hall–Kier alpha value is -3.71. The normalized spacial score (nSPS) is 11.5. The van der Waals surface area contributed by atoms with Crippen molar-refractivity contribution >= 4 is 11.8 Å². The molecule has 0 heterocycles. The Morgan fingerprint density at radius 2 is 1.58 bits per heavy atom. The lowest BCUT2D eigenvalue weighted by Gasteiger charge is -2.31. The van der Waals surface area contributed by atoms with E-state index in [9.17, 15) is 14.0 Å². The average molecular weight is 493 g/mol. The topological polar surface area (TPSA) is 67.9 Å². The molecule has 1 atom stereocenters. The fraction of sp³-hybridized carbons (Fsp3) is 0.310. The van der Waals surface area contributed by atoms with Crippen molar-refractivity contribution in [2.24, 2.45) is 0 Å². The zero-order valence-electron chi connectivity index (χ0n) is 20.6. The third kappa shape index (κ3) is 8.82. The Labute approximate surface area is 212 Å². The molecule has 7 heteroatoms. The summed E-state index contributed by atoms with van der Waals surface area (Å²) in [6, 6.07) is 23.7. The summed E-state index contributed by atoms with van der Waals surface area (Å²) in [6.45, 7) is 3.43. The van der Waals surface area contributed by atoms with Gasteiger partial charge in [-0.1, -0.05) is 60.7 Å². The third-order valence-corrected chi connectivity index (χ3v) is 5.61. The lowest BCUT2D eigenvalue weighted by molar-refractivity contribution is -0.142. The number of para-hydroxylation sites is 1. The summed E-state index contributed by atoms with van der Waals surface area (Å²) in [4.78, 5) is 28.4. The van der Waals surface area contributed by atoms with E-state index in [1.807, 2.05) is 55.5 Å². The number of carbonyl (C=O) groups excluding carboxylic acids is 2. The molecule has 0 bridgehead atoms. The van der Waals surface area contributed by atoms with Crippen LogP contribution in [0.15, 0.2) is 84.9 Å². The van der Waals surface area contributed by atoms with Gasteiger partial charge in [-0.3, -0.25) is 9.59 Å². The molecule has 3 rings (SSSR count). The van der Waals surface area contributed by atoms with Gasteiger partial charge in [-0.25, -0.2) is 4.39 Å². The zero-order chi connectivity index (χ0) is 25.6. The second-order valence-corrected chi connectivity index (χ2v) is 8.30. The average Bonchev–Trinajstić information content (AvgIpc) is 2.91. The molecular weight excluding hydrogens is 459 g/mol. The highest BCUT2D eigenvalue weighted by Gasteiger charge is 2.30. The number of nitrogens with one attached hydrogen (secondary N) is 1. The van der Waals surface area contributed by atoms with Crippen LogP contribution in [-0.2, 0) is 27.3 Å². The SMILES string of the molecule is CCOCCCNC(=O)C(Cc1ccccc1)N(Cc1ccc(F)cc1)C(=O)COc1ccccc1. The van der Waals surface area contributed by atoms with E-state index in [1.165, 1.54) is 17.0 Å². The molecular formula is C29H33FN2O4. The number of rotatable bonds is 14. The van der Waals surface area contributed by atoms with Gasteiger partial charge in [0.1, 0.15) is 17.6 Å². The van der Waals surface area contributed by atoms with Gasteiger partial charge < -0.3 is 19.7 Å². The van der Waals surface area contributed by atoms with Crippen LogP contribution in [-0.4, -0.2) is 49.1 Å². The molecule has 0 aromatic heterocycles. The maximum Gasteiger partial charge on any atom is 0.261 e. The van der Waals surface area contributed by atoms with Crippen LogP contribution in [0.2, 0.25) is 0 Å². The number of benzene rings is 3. The summed E-state index contributed by atoms with van der Waals surface area (Å²) >= 11 is 0. The first-order valence-corrected chi connectivity index (χ1v) is 12.2. The number of carbonyl (C=O) groups is 2. The fourth-order valence-corrected chi connectivity index (χ4v) is 3.73. The van der Waals surface area contributed by atoms with E-state index < -0.39 is 6.04 Å². The third-order valence-electron chi connectivity index (χ3n) is 5.61. The maximum absolute atomic E-state index is 13.5.